The fourth-order valence-corrected chi connectivity index (χ4v) is 1.36. The van der Waals surface area contributed by atoms with E-state index < -0.39 is 23.7 Å². The number of aliphatic carboxylic acids is 1. The van der Waals surface area contributed by atoms with Crippen molar-refractivity contribution in [3.05, 3.63) is 23.5 Å². The van der Waals surface area contributed by atoms with Crippen molar-refractivity contribution >= 4 is 11.9 Å². The van der Waals surface area contributed by atoms with Crippen LogP contribution in [0.15, 0.2) is 12.1 Å². The lowest BCUT2D eigenvalue weighted by molar-refractivity contribution is -0.138. The zero-order valence-electron chi connectivity index (χ0n) is 10.7. The van der Waals surface area contributed by atoms with Crippen molar-refractivity contribution in [2.24, 2.45) is 0 Å². The third kappa shape index (κ3) is 3.34. The summed E-state index contributed by atoms with van der Waals surface area (Å²) in [5, 5.41) is 10.8. The standard InChI is InChI=1S/C12H14FNO5/c1-6(12(16)17)14-11(15)7-4-9(18-2)10(19-3)5-8(7)13/h4-6H,1-3H3,(H,14,15)(H,16,17). The van der Waals surface area contributed by atoms with E-state index in [0.29, 0.717) is 0 Å². The zero-order chi connectivity index (χ0) is 14.6. The second-order valence-electron chi connectivity index (χ2n) is 3.72. The summed E-state index contributed by atoms with van der Waals surface area (Å²) in [6, 6.07) is 1.03. The van der Waals surface area contributed by atoms with Crippen LogP contribution in [0.4, 0.5) is 4.39 Å². The van der Waals surface area contributed by atoms with Gasteiger partial charge in [-0.15, -0.1) is 0 Å². The van der Waals surface area contributed by atoms with E-state index in [1.54, 1.807) is 0 Å². The lowest BCUT2D eigenvalue weighted by Gasteiger charge is -2.12. The largest absolute Gasteiger partial charge is 0.493 e. The Morgan fingerprint density at radius 3 is 2.26 bits per heavy atom. The summed E-state index contributed by atoms with van der Waals surface area (Å²) in [5.74, 6) is -2.56. The number of rotatable bonds is 5. The summed E-state index contributed by atoms with van der Waals surface area (Å²) in [6.45, 7) is 1.28. The van der Waals surface area contributed by atoms with Gasteiger partial charge in [-0.2, -0.15) is 0 Å². The first-order chi connectivity index (χ1) is 8.90. The van der Waals surface area contributed by atoms with Crippen LogP contribution in [-0.2, 0) is 4.79 Å². The summed E-state index contributed by atoms with van der Waals surface area (Å²) in [7, 11) is 2.68. The van der Waals surface area contributed by atoms with E-state index in [1.165, 1.54) is 21.1 Å². The van der Waals surface area contributed by atoms with E-state index in [2.05, 4.69) is 5.32 Å². The number of hydrogen-bond acceptors (Lipinski definition) is 4. The number of benzene rings is 1. The van der Waals surface area contributed by atoms with Crippen LogP contribution in [-0.4, -0.2) is 37.2 Å². The number of methoxy groups -OCH3 is 2. The number of carboxylic acid groups (broad SMARTS) is 1. The molecule has 0 fully saturated rings. The second-order valence-corrected chi connectivity index (χ2v) is 3.72. The average Bonchev–Trinajstić information content (AvgIpc) is 2.37. The van der Waals surface area contributed by atoms with Crippen molar-refractivity contribution in [1.29, 1.82) is 0 Å². The van der Waals surface area contributed by atoms with Gasteiger partial charge in [0.15, 0.2) is 11.5 Å². The Kier molecular flexibility index (Phi) is 4.68. The van der Waals surface area contributed by atoms with Crippen molar-refractivity contribution < 1.29 is 28.6 Å². The Labute approximate surface area is 109 Å². The number of hydrogen-bond donors (Lipinski definition) is 2. The highest BCUT2D eigenvalue weighted by Crippen LogP contribution is 2.29. The van der Waals surface area contributed by atoms with E-state index in [4.69, 9.17) is 14.6 Å². The molecule has 6 nitrogen and oxygen atoms in total. The molecule has 0 aliphatic rings. The molecule has 0 spiro atoms. The van der Waals surface area contributed by atoms with Gasteiger partial charge in [0.2, 0.25) is 0 Å². The van der Waals surface area contributed by atoms with Gasteiger partial charge in [-0.1, -0.05) is 0 Å². The maximum Gasteiger partial charge on any atom is 0.325 e. The topological polar surface area (TPSA) is 84.9 Å². The first-order valence-corrected chi connectivity index (χ1v) is 5.35. The van der Waals surface area contributed by atoms with Gasteiger partial charge in [-0.05, 0) is 13.0 Å². The van der Waals surface area contributed by atoms with Crippen LogP contribution in [0.25, 0.3) is 0 Å². The number of amides is 1. The Morgan fingerprint density at radius 1 is 1.26 bits per heavy atom. The van der Waals surface area contributed by atoms with Crippen molar-refractivity contribution in [3.63, 3.8) is 0 Å². The van der Waals surface area contributed by atoms with Gasteiger partial charge < -0.3 is 19.9 Å². The molecule has 1 amide bonds. The van der Waals surface area contributed by atoms with E-state index in [-0.39, 0.29) is 17.1 Å². The number of carboxylic acids is 1. The third-order valence-electron chi connectivity index (χ3n) is 2.44. The van der Waals surface area contributed by atoms with Gasteiger partial charge in [0, 0.05) is 6.07 Å². The number of nitrogens with one attached hydrogen (secondary N) is 1. The highest BCUT2D eigenvalue weighted by molar-refractivity contribution is 5.97. The van der Waals surface area contributed by atoms with Crippen LogP contribution in [0.3, 0.4) is 0 Å². The van der Waals surface area contributed by atoms with Gasteiger partial charge in [0.05, 0.1) is 19.8 Å². The maximum absolute atomic E-state index is 13.7. The summed E-state index contributed by atoms with van der Waals surface area (Å²) < 4.78 is 23.5. The molecule has 1 unspecified atom stereocenters. The highest BCUT2D eigenvalue weighted by Gasteiger charge is 2.20. The fraction of sp³-hybridized carbons (Fsp3) is 0.333. The molecular formula is C12H14FNO5. The molecule has 0 aromatic heterocycles. The molecule has 1 rings (SSSR count). The molecule has 0 bridgehead atoms. The average molecular weight is 271 g/mol. The molecule has 1 aromatic carbocycles. The van der Waals surface area contributed by atoms with E-state index in [1.807, 2.05) is 0 Å². The molecule has 2 N–H and O–H groups in total. The normalized spacial score (nSPS) is 11.6. The van der Waals surface area contributed by atoms with Crippen molar-refractivity contribution in [3.8, 4) is 11.5 Å². The van der Waals surface area contributed by atoms with Gasteiger partial charge in [-0.25, -0.2) is 4.39 Å². The maximum atomic E-state index is 13.7. The number of halogens is 1. The zero-order valence-corrected chi connectivity index (χ0v) is 10.7. The molecule has 0 heterocycles. The molecule has 0 radical (unpaired) electrons. The van der Waals surface area contributed by atoms with Crippen LogP contribution >= 0.6 is 0 Å². The van der Waals surface area contributed by atoms with E-state index in [9.17, 15) is 14.0 Å². The van der Waals surface area contributed by atoms with Crippen LogP contribution in [0.1, 0.15) is 17.3 Å². The Balaban J connectivity index is 3.06. The minimum absolute atomic E-state index is 0.142. The summed E-state index contributed by atoms with van der Waals surface area (Å²) >= 11 is 0. The molecule has 0 saturated carbocycles. The summed E-state index contributed by atoms with van der Waals surface area (Å²) in [5.41, 5.74) is -0.314. The van der Waals surface area contributed by atoms with Crippen LogP contribution in [0.2, 0.25) is 0 Å². The molecule has 0 aliphatic heterocycles. The second kappa shape index (κ2) is 6.03. The first kappa shape index (κ1) is 14.7. The molecule has 1 aromatic rings. The lowest BCUT2D eigenvalue weighted by atomic mass is 10.1. The Morgan fingerprint density at radius 2 is 1.79 bits per heavy atom. The lowest BCUT2D eigenvalue weighted by Crippen LogP contribution is -2.38. The monoisotopic (exact) mass is 271 g/mol. The van der Waals surface area contributed by atoms with Crippen LogP contribution in [0, 0.1) is 5.82 Å². The van der Waals surface area contributed by atoms with Gasteiger partial charge in [0.1, 0.15) is 11.9 Å². The van der Waals surface area contributed by atoms with Crippen LogP contribution in [0.5, 0.6) is 11.5 Å². The summed E-state index contributed by atoms with van der Waals surface area (Å²) in [4.78, 5) is 22.4. The minimum Gasteiger partial charge on any atom is -0.493 e. The molecule has 104 valence electrons. The van der Waals surface area contributed by atoms with Gasteiger partial charge >= 0.3 is 5.97 Å². The van der Waals surface area contributed by atoms with Crippen molar-refractivity contribution in [1.82, 2.24) is 5.32 Å². The minimum atomic E-state index is -1.21. The smallest absolute Gasteiger partial charge is 0.325 e. The van der Waals surface area contributed by atoms with Gasteiger partial charge in [-0.3, -0.25) is 9.59 Å². The number of carbonyl (C=O) groups excluding carboxylic acids is 1. The highest BCUT2D eigenvalue weighted by atomic mass is 19.1. The summed E-state index contributed by atoms with van der Waals surface area (Å²) in [6.07, 6.45) is 0. The Bertz CT molecular complexity index is 503. The Hall–Kier alpha value is -2.31. The van der Waals surface area contributed by atoms with E-state index in [0.717, 1.165) is 12.1 Å². The molecule has 0 saturated heterocycles. The van der Waals surface area contributed by atoms with Crippen molar-refractivity contribution in [2.45, 2.75) is 13.0 Å². The quantitative estimate of drug-likeness (QED) is 0.836. The number of carbonyl (C=O) groups is 2. The molecule has 0 aliphatic carbocycles. The predicted molar refractivity (Wildman–Crippen MR) is 64.1 cm³/mol. The molecule has 7 heteroatoms. The predicted octanol–water partition coefficient (Wildman–Crippen LogP) is 1.05. The van der Waals surface area contributed by atoms with Crippen LogP contribution < -0.4 is 14.8 Å². The third-order valence-corrected chi connectivity index (χ3v) is 2.44. The molecule has 1 atom stereocenters. The molecular weight excluding hydrogens is 257 g/mol. The van der Waals surface area contributed by atoms with Gasteiger partial charge in [0.25, 0.3) is 5.91 Å². The SMILES string of the molecule is COc1cc(F)c(C(=O)NC(C)C(=O)O)cc1OC. The molecule has 19 heavy (non-hydrogen) atoms. The number of ether oxygens (including phenoxy) is 2. The fourth-order valence-electron chi connectivity index (χ4n) is 1.36. The van der Waals surface area contributed by atoms with Crippen molar-refractivity contribution in [2.75, 3.05) is 14.2 Å². The first-order valence-electron chi connectivity index (χ1n) is 5.35. The van der Waals surface area contributed by atoms with E-state index >= 15 is 0 Å².